The van der Waals surface area contributed by atoms with Crippen LogP contribution in [0.25, 0.3) is 6.08 Å². The lowest BCUT2D eigenvalue weighted by atomic mass is 9.92. The molecule has 1 heterocycles. The molecule has 1 aliphatic heterocycles. The number of likely N-dealkylation sites (N-methyl/N-ethyl adjacent to an activating group) is 1. The van der Waals surface area contributed by atoms with Gasteiger partial charge in [0.25, 0.3) is 0 Å². The summed E-state index contributed by atoms with van der Waals surface area (Å²) in [5.74, 6) is 2.24. The number of fused-ring (bicyclic) bond motifs is 1. The van der Waals surface area contributed by atoms with Crippen molar-refractivity contribution in [1.29, 1.82) is 0 Å². The third-order valence-electron chi connectivity index (χ3n) is 5.01. The highest BCUT2D eigenvalue weighted by Crippen LogP contribution is 2.38. The van der Waals surface area contributed by atoms with Gasteiger partial charge in [0, 0.05) is 18.7 Å². The highest BCUT2D eigenvalue weighted by atomic mass is 16.5. The minimum Gasteiger partial charge on any atom is -0.504 e. The second-order valence-electron chi connectivity index (χ2n) is 6.76. The van der Waals surface area contributed by atoms with Crippen molar-refractivity contribution in [2.24, 2.45) is 0 Å². The number of benzene rings is 2. The summed E-state index contributed by atoms with van der Waals surface area (Å²) >= 11 is 0. The van der Waals surface area contributed by atoms with E-state index in [1.165, 1.54) is 5.56 Å². The lowest BCUT2D eigenvalue weighted by molar-refractivity contribution is 0.299. The van der Waals surface area contributed by atoms with Crippen molar-refractivity contribution in [1.82, 2.24) is 4.90 Å². The first-order valence-corrected chi connectivity index (χ1v) is 9.05. The molecule has 2 aromatic rings. The van der Waals surface area contributed by atoms with Gasteiger partial charge in [-0.2, -0.15) is 0 Å². The molecule has 3 rings (SSSR count). The van der Waals surface area contributed by atoms with E-state index in [-0.39, 0.29) is 5.75 Å². The largest absolute Gasteiger partial charge is 0.504 e. The Hall–Kier alpha value is -2.66. The normalized spacial score (nSPS) is 14.2. The molecular formula is C22H27NO4. The first-order chi connectivity index (χ1) is 13.1. The summed E-state index contributed by atoms with van der Waals surface area (Å²) in [7, 11) is 6.93. The van der Waals surface area contributed by atoms with E-state index in [9.17, 15) is 5.11 Å². The Morgan fingerprint density at radius 2 is 1.74 bits per heavy atom. The van der Waals surface area contributed by atoms with E-state index in [2.05, 4.69) is 24.1 Å². The lowest BCUT2D eigenvalue weighted by Gasteiger charge is -2.27. The van der Waals surface area contributed by atoms with Crippen molar-refractivity contribution in [3.8, 4) is 23.0 Å². The number of rotatable bonds is 6. The van der Waals surface area contributed by atoms with Crippen LogP contribution in [0.5, 0.6) is 23.0 Å². The fraction of sp³-hybridized carbons (Fsp3) is 0.364. The van der Waals surface area contributed by atoms with Crippen LogP contribution in [0.15, 0.2) is 30.3 Å². The maximum Gasteiger partial charge on any atom is 0.162 e. The van der Waals surface area contributed by atoms with Crippen molar-refractivity contribution >= 4 is 6.08 Å². The predicted molar refractivity (Wildman–Crippen MR) is 107 cm³/mol. The van der Waals surface area contributed by atoms with Gasteiger partial charge in [0.05, 0.1) is 21.3 Å². The molecule has 0 amide bonds. The number of aromatic hydroxyl groups is 1. The second kappa shape index (κ2) is 8.35. The molecule has 0 unspecified atom stereocenters. The van der Waals surface area contributed by atoms with Crippen LogP contribution < -0.4 is 14.2 Å². The molecule has 0 spiro atoms. The van der Waals surface area contributed by atoms with Crippen LogP contribution in [0.3, 0.4) is 0 Å². The van der Waals surface area contributed by atoms with Crippen LogP contribution in [-0.2, 0) is 19.4 Å². The Kier molecular flexibility index (Phi) is 5.91. The molecule has 5 nitrogen and oxygen atoms in total. The third-order valence-corrected chi connectivity index (χ3v) is 5.01. The van der Waals surface area contributed by atoms with Crippen molar-refractivity contribution in [2.45, 2.75) is 19.4 Å². The second-order valence-corrected chi connectivity index (χ2v) is 6.76. The van der Waals surface area contributed by atoms with Gasteiger partial charge in [-0.05, 0) is 54.8 Å². The highest BCUT2D eigenvalue weighted by Gasteiger charge is 2.22. The summed E-state index contributed by atoms with van der Waals surface area (Å²) < 4.78 is 16.0. The van der Waals surface area contributed by atoms with E-state index in [0.717, 1.165) is 54.1 Å². The standard InChI is InChI=1S/C22H27NO4/c1-23-11-10-17-16(13-21(27-4)22(24)18(17)14-23)7-5-6-15-8-9-19(25-2)20(12-15)26-3/h5,7-9,12-13,24H,6,10-11,14H2,1-4H3/b7-5+. The fourth-order valence-electron chi connectivity index (χ4n) is 3.51. The molecule has 0 saturated heterocycles. The Bertz CT molecular complexity index is 845. The number of hydrogen-bond donors (Lipinski definition) is 1. The maximum absolute atomic E-state index is 10.5. The molecule has 0 bridgehead atoms. The Balaban J connectivity index is 1.86. The van der Waals surface area contributed by atoms with E-state index in [0.29, 0.717) is 5.75 Å². The number of phenolic OH excluding ortho intramolecular Hbond substituents is 1. The van der Waals surface area contributed by atoms with E-state index in [4.69, 9.17) is 14.2 Å². The summed E-state index contributed by atoms with van der Waals surface area (Å²) in [6.45, 7) is 1.71. The first kappa shape index (κ1) is 19.1. The van der Waals surface area contributed by atoms with Gasteiger partial charge in [0.1, 0.15) is 0 Å². The Morgan fingerprint density at radius 1 is 1.00 bits per heavy atom. The van der Waals surface area contributed by atoms with Gasteiger partial charge in [-0.3, -0.25) is 0 Å². The monoisotopic (exact) mass is 369 g/mol. The average Bonchev–Trinajstić information content (AvgIpc) is 2.69. The fourth-order valence-corrected chi connectivity index (χ4v) is 3.51. The van der Waals surface area contributed by atoms with Crippen LogP contribution >= 0.6 is 0 Å². The summed E-state index contributed by atoms with van der Waals surface area (Å²) in [5.41, 5.74) is 4.42. The van der Waals surface area contributed by atoms with E-state index >= 15 is 0 Å². The molecule has 1 N–H and O–H groups in total. The zero-order valence-electron chi connectivity index (χ0n) is 16.4. The van der Waals surface area contributed by atoms with Crippen molar-refractivity contribution in [3.63, 3.8) is 0 Å². The molecular weight excluding hydrogens is 342 g/mol. The summed E-state index contributed by atoms with van der Waals surface area (Å²) in [6.07, 6.45) is 5.94. The number of ether oxygens (including phenoxy) is 3. The number of hydrogen-bond acceptors (Lipinski definition) is 5. The van der Waals surface area contributed by atoms with Crippen LogP contribution in [0.2, 0.25) is 0 Å². The molecule has 0 radical (unpaired) electrons. The lowest BCUT2D eigenvalue weighted by Crippen LogP contribution is -2.27. The quantitative estimate of drug-likeness (QED) is 0.842. The molecule has 2 aromatic carbocycles. The number of nitrogens with zero attached hydrogens (tertiary/aromatic N) is 1. The maximum atomic E-state index is 10.5. The molecule has 5 heteroatoms. The summed E-state index contributed by atoms with van der Waals surface area (Å²) in [6, 6.07) is 7.87. The number of allylic oxidation sites excluding steroid dienone is 1. The van der Waals surface area contributed by atoms with Gasteiger partial charge in [0.2, 0.25) is 0 Å². The smallest absolute Gasteiger partial charge is 0.162 e. The Labute approximate surface area is 160 Å². The molecule has 0 aromatic heterocycles. The molecule has 0 fully saturated rings. The van der Waals surface area contributed by atoms with E-state index in [1.54, 1.807) is 21.3 Å². The zero-order chi connectivity index (χ0) is 19.4. The molecule has 1 aliphatic rings. The number of phenols is 1. The first-order valence-electron chi connectivity index (χ1n) is 9.05. The minimum atomic E-state index is 0.260. The van der Waals surface area contributed by atoms with Gasteiger partial charge in [-0.25, -0.2) is 0 Å². The van der Waals surface area contributed by atoms with Crippen molar-refractivity contribution in [3.05, 3.63) is 52.6 Å². The van der Waals surface area contributed by atoms with Gasteiger partial charge >= 0.3 is 0 Å². The van der Waals surface area contributed by atoms with Crippen molar-refractivity contribution < 1.29 is 19.3 Å². The molecule has 0 saturated carbocycles. The highest BCUT2D eigenvalue weighted by molar-refractivity contribution is 5.64. The van der Waals surface area contributed by atoms with E-state index in [1.807, 2.05) is 24.3 Å². The minimum absolute atomic E-state index is 0.260. The average molecular weight is 369 g/mol. The summed E-state index contributed by atoms with van der Waals surface area (Å²) in [5, 5.41) is 10.5. The summed E-state index contributed by atoms with van der Waals surface area (Å²) in [4.78, 5) is 2.21. The molecule has 0 aliphatic carbocycles. The van der Waals surface area contributed by atoms with Crippen LogP contribution in [0.1, 0.15) is 22.3 Å². The zero-order valence-corrected chi connectivity index (χ0v) is 16.4. The van der Waals surface area contributed by atoms with Crippen LogP contribution in [0.4, 0.5) is 0 Å². The Morgan fingerprint density at radius 3 is 2.44 bits per heavy atom. The van der Waals surface area contributed by atoms with Gasteiger partial charge in [-0.15, -0.1) is 0 Å². The topological polar surface area (TPSA) is 51.2 Å². The molecule has 144 valence electrons. The van der Waals surface area contributed by atoms with Gasteiger partial charge < -0.3 is 24.2 Å². The van der Waals surface area contributed by atoms with Crippen LogP contribution in [0, 0.1) is 0 Å². The number of methoxy groups -OCH3 is 3. The van der Waals surface area contributed by atoms with Crippen LogP contribution in [-0.4, -0.2) is 44.9 Å². The van der Waals surface area contributed by atoms with Crippen molar-refractivity contribution in [2.75, 3.05) is 34.9 Å². The van der Waals surface area contributed by atoms with E-state index < -0.39 is 0 Å². The molecule has 27 heavy (non-hydrogen) atoms. The molecule has 0 atom stereocenters. The van der Waals surface area contributed by atoms with Gasteiger partial charge in [-0.1, -0.05) is 18.2 Å². The third kappa shape index (κ3) is 4.03. The SMILES string of the molecule is COc1ccc(C/C=C/c2cc(OC)c(O)c3c2CCN(C)C3)cc1OC. The van der Waals surface area contributed by atoms with Gasteiger partial charge in [0.15, 0.2) is 23.0 Å². The predicted octanol–water partition coefficient (Wildman–Crippen LogP) is 3.66.